The van der Waals surface area contributed by atoms with Gasteiger partial charge in [-0.05, 0) is 99.8 Å². The largest absolute Gasteiger partial charge is 0.497 e. The van der Waals surface area contributed by atoms with Crippen LogP contribution in [0.4, 0.5) is 20.6 Å². The van der Waals surface area contributed by atoms with Gasteiger partial charge in [0.1, 0.15) is 17.3 Å². The molecule has 0 unspecified atom stereocenters. The van der Waals surface area contributed by atoms with Crippen LogP contribution < -0.4 is 19.5 Å². The summed E-state index contributed by atoms with van der Waals surface area (Å²) in [6, 6.07) is 14.9. The maximum absolute atomic E-state index is 14.4. The van der Waals surface area contributed by atoms with Crippen molar-refractivity contribution in [3.63, 3.8) is 0 Å². The van der Waals surface area contributed by atoms with Crippen molar-refractivity contribution in [2.24, 2.45) is 5.92 Å². The maximum atomic E-state index is 14.4. The number of amides is 3. The number of rotatable bonds is 9. The van der Waals surface area contributed by atoms with Gasteiger partial charge in [0.05, 0.1) is 42.4 Å². The number of benzene rings is 3. The van der Waals surface area contributed by atoms with Crippen LogP contribution in [-0.2, 0) is 14.8 Å². The number of carbonyl (C=O) groups is 2. The Morgan fingerprint density at radius 1 is 1.08 bits per heavy atom. The average molecular weight is 715 g/mol. The van der Waals surface area contributed by atoms with Crippen LogP contribution in [0.5, 0.6) is 11.5 Å². The number of halogens is 1. The molecule has 3 amide bonds. The van der Waals surface area contributed by atoms with Gasteiger partial charge >= 0.3 is 6.03 Å². The minimum Gasteiger partial charge on any atom is -0.497 e. The molecule has 0 aliphatic carbocycles. The Bertz CT molecular complexity index is 1690. The second-order valence-electron chi connectivity index (χ2n) is 12.6. The number of ether oxygens (including phenoxy) is 3. The lowest BCUT2D eigenvalue weighted by atomic mass is 10.0. The SMILES string of the molecule is COc1ccc(NC(=O)N(C)C[C@@H]2OCCCC[C@H](C)Oc3ccc(NS(=O)(=O)c4ccc(F)cc4)cc3C(=O)N([C@H](C)CO)C[C@H]2C)cc1. The zero-order valence-corrected chi connectivity index (χ0v) is 29.9. The van der Waals surface area contributed by atoms with E-state index in [0.29, 0.717) is 24.5 Å². The predicted octanol–water partition coefficient (Wildman–Crippen LogP) is 5.59. The Kier molecular flexibility index (Phi) is 13.4. The number of nitrogens with zero attached hydrogens (tertiary/aromatic N) is 2. The molecule has 0 radical (unpaired) electrons. The molecule has 1 aliphatic heterocycles. The fourth-order valence-electron chi connectivity index (χ4n) is 5.52. The lowest BCUT2D eigenvalue weighted by molar-refractivity contribution is -0.0115. The van der Waals surface area contributed by atoms with Gasteiger partial charge in [0, 0.05) is 44.0 Å². The molecule has 3 aromatic rings. The number of hydrogen-bond donors (Lipinski definition) is 3. The Balaban J connectivity index is 1.61. The van der Waals surface area contributed by atoms with E-state index in [2.05, 4.69) is 10.0 Å². The first-order chi connectivity index (χ1) is 23.8. The predicted molar refractivity (Wildman–Crippen MR) is 189 cm³/mol. The summed E-state index contributed by atoms with van der Waals surface area (Å²) < 4.78 is 59.9. The Morgan fingerprint density at radius 2 is 1.76 bits per heavy atom. The Morgan fingerprint density at radius 3 is 2.42 bits per heavy atom. The molecule has 14 heteroatoms. The minimum absolute atomic E-state index is 0.106. The molecule has 3 N–H and O–H groups in total. The number of urea groups is 1. The first kappa shape index (κ1) is 38.4. The third-order valence-corrected chi connectivity index (χ3v) is 9.97. The Labute approximate surface area is 293 Å². The number of carbonyl (C=O) groups excluding carboxylic acids is 2. The second kappa shape index (κ2) is 17.5. The van der Waals surface area contributed by atoms with Crippen LogP contribution in [-0.4, -0.2) is 94.0 Å². The average Bonchev–Trinajstić information content (AvgIpc) is 3.09. The normalized spacial score (nSPS) is 19.7. The van der Waals surface area contributed by atoms with E-state index >= 15 is 0 Å². The summed E-state index contributed by atoms with van der Waals surface area (Å²) in [5, 5.41) is 13.1. The molecule has 4 atom stereocenters. The van der Waals surface area contributed by atoms with Crippen molar-refractivity contribution in [3.05, 3.63) is 78.1 Å². The van der Waals surface area contributed by atoms with Crippen molar-refractivity contribution < 1.29 is 41.7 Å². The van der Waals surface area contributed by atoms with E-state index in [1.807, 2.05) is 13.8 Å². The van der Waals surface area contributed by atoms with Crippen LogP contribution in [0.1, 0.15) is 50.4 Å². The summed E-state index contributed by atoms with van der Waals surface area (Å²) >= 11 is 0. The van der Waals surface area contributed by atoms with Gasteiger partial charge in [-0.1, -0.05) is 6.92 Å². The third-order valence-electron chi connectivity index (χ3n) is 8.57. The van der Waals surface area contributed by atoms with Gasteiger partial charge in [0.25, 0.3) is 15.9 Å². The van der Waals surface area contributed by atoms with Gasteiger partial charge < -0.3 is 34.4 Å². The zero-order chi connectivity index (χ0) is 36.4. The van der Waals surface area contributed by atoms with E-state index in [9.17, 15) is 27.5 Å². The number of hydrogen-bond acceptors (Lipinski definition) is 8. The molecule has 3 aromatic carbocycles. The lowest BCUT2D eigenvalue weighted by Gasteiger charge is -2.35. The molecule has 0 saturated carbocycles. The standard InChI is InChI=1S/C36H47FN4O8S/c1-24-21-41(25(2)23-42)35(43)32-20-29(39-50(45,46)31-16-9-27(37)10-17-31)13-18-33(32)49-26(3)8-6-7-19-48-34(24)22-40(4)36(44)38-28-11-14-30(47-5)15-12-28/h9-18,20,24-26,34,39,42H,6-8,19,21-23H2,1-5H3,(H,38,44)/t24-,25-,26+,34+/m1/s1. The van der Waals surface area contributed by atoms with Crippen molar-refractivity contribution in [1.29, 1.82) is 0 Å². The van der Waals surface area contributed by atoms with Crippen LogP contribution in [0.3, 0.4) is 0 Å². The second-order valence-corrected chi connectivity index (χ2v) is 14.3. The molecule has 50 heavy (non-hydrogen) atoms. The highest BCUT2D eigenvalue weighted by Gasteiger charge is 2.31. The highest BCUT2D eigenvalue weighted by molar-refractivity contribution is 7.92. The molecule has 4 rings (SSSR count). The molecule has 0 aromatic heterocycles. The fraction of sp³-hybridized carbons (Fsp3) is 0.444. The summed E-state index contributed by atoms with van der Waals surface area (Å²) in [5.74, 6) is -0.411. The third kappa shape index (κ3) is 10.3. The van der Waals surface area contributed by atoms with Crippen molar-refractivity contribution in [1.82, 2.24) is 9.80 Å². The van der Waals surface area contributed by atoms with E-state index in [-0.39, 0.29) is 59.6 Å². The van der Waals surface area contributed by atoms with Crippen LogP contribution in [0.15, 0.2) is 71.6 Å². The number of methoxy groups -OCH3 is 1. The van der Waals surface area contributed by atoms with Gasteiger partial charge in [-0.3, -0.25) is 9.52 Å². The van der Waals surface area contributed by atoms with Crippen molar-refractivity contribution in [2.45, 2.75) is 63.2 Å². The van der Waals surface area contributed by atoms with Gasteiger partial charge in [0.15, 0.2) is 0 Å². The van der Waals surface area contributed by atoms with Gasteiger partial charge in [-0.25, -0.2) is 17.6 Å². The van der Waals surface area contributed by atoms with Crippen molar-refractivity contribution >= 4 is 33.3 Å². The highest BCUT2D eigenvalue weighted by atomic mass is 32.2. The van der Waals surface area contributed by atoms with E-state index in [0.717, 1.165) is 37.1 Å². The van der Waals surface area contributed by atoms with E-state index in [1.165, 1.54) is 21.9 Å². The van der Waals surface area contributed by atoms with Gasteiger partial charge in [-0.15, -0.1) is 0 Å². The van der Waals surface area contributed by atoms with E-state index in [4.69, 9.17) is 14.2 Å². The lowest BCUT2D eigenvalue weighted by Crippen LogP contribution is -2.48. The molecule has 272 valence electrons. The molecule has 1 aliphatic rings. The van der Waals surface area contributed by atoms with Gasteiger partial charge in [0.2, 0.25) is 0 Å². The maximum Gasteiger partial charge on any atom is 0.321 e. The number of sulfonamides is 1. The molecular weight excluding hydrogens is 667 g/mol. The van der Waals surface area contributed by atoms with Crippen LogP contribution in [0.25, 0.3) is 0 Å². The number of likely N-dealkylation sites (N-methyl/N-ethyl adjacent to an activating group) is 1. The summed E-state index contributed by atoms with van der Waals surface area (Å²) in [7, 11) is -0.872. The monoisotopic (exact) mass is 714 g/mol. The van der Waals surface area contributed by atoms with Crippen LogP contribution in [0, 0.1) is 11.7 Å². The number of fused-ring (bicyclic) bond motifs is 1. The van der Waals surface area contributed by atoms with Crippen LogP contribution >= 0.6 is 0 Å². The zero-order valence-electron chi connectivity index (χ0n) is 29.1. The molecule has 0 fully saturated rings. The van der Waals surface area contributed by atoms with Crippen LogP contribution in [0.2, 0.25) is 0 Å². The molecule has 0 spiro atoms. The molecule has 1 heterocycles. The molecular formula is C36H47FN4O8S. The summed E-state index contributed by atoms with van der Waals surface area (Å²) in [5.41, 5.74) is 0.814. The number of nitrogens with one attached hydrogen (secondary N) is 2. The molecule has 12 nitrogen and oxygen atoms in total. The van der Waals surface area contributed by atoms with Gasteiger partial charge in [-0.2, -0.15) is 0 Å². The fourth-order valence-corrected chi connectivity index (χ4v) is 6.57. The quantitative estimate of drug-likeness (QED) is 0.260. The van der Waals surface area contributed by atoms with E-state index in [1.54, 1.807) is 51.4 Å². The number of aliphatic hydroxyl groups is 1. The first-order valence-corrected chi connectivity index (χ1v) is 18.1. The summed E-state index contributed by atoms with van der Waals surface area (Å²) in [6.07, 6.45) is 1.44. The Hall–Kier alpha value is -4.40. The highest BCUT2D eigenvalue weighted by Crippen LogP contribution is 2.30. The van der Waals surface area contributed by atoms with Crippen molar-refractivity contribution in [2.75, 3.05) is 50.5 Å². The smallest absolute Gasteiger partial charge is 0.321 e. The number of anilines is 2. The topological polar surface area (TPSA) is 147 Å². The summed E-state index contributed by atoms with van der Waals surface area (Å²) in [4.78, 5) is 30.4. The summed E-state index contributed by atoms with van der Waals surface area (Å²) in [6.45, 7) is 6.00. The minimum atomic E-state index is -4.11. The molecule has 0 bridgehead atoms. The molecule has 0 saturated heterocycles. The number of aliphatic hydroxyl groups excluding tert-OH is 1. The van der Waals surface area contributed by atoms with E-state index < -0.39 is 33.9 Å². The van der Waals surface area contributed by atoms with Crippen molar-refractivity contribution in [3.8, 4) is 11.5 Å². The first-order valence-electron chi connectivity index (χ1n) is 16.6.